The maximum Gasteiger partial charge on any atom is 0.250 e. The number of sulfone groups is 1. The molecular formula is C28H29ClN4O5S2. The van der Waals surface area contributed by atoms with Crippen LogP contribution >= 0.6 is 24.2 Å². The standard InChI is InChI=1S/C28H29ClN4O5S2/c1-16(20-4-3-5-24(26(20)29)38-18-8-10-31-11-9-18)37-25-13-17(12-21(27(25)39)28(30)34)33-15-32-22-7-6-19(14-23(22)33)40(2,35)36/h3-7,12-16,18,31,39H,8-11H2,1-2H3,(H2,30,34)/t16-/m1/s1. The van der Waals surface area contributed by atoms with E-state index in [4.69, 9.17) is 26.8 Å². The highest BCUT2D eigenvalue weighted by atomic mass is 35.5. The number of imidazole rings is 1. The Bertz CT molecular complexity index is 1700. The van der Waals surface area contributed by atoms with Crippen molar-refractivity contribution >= 4 is 51.0 Å². The second-order valence-electron chi connectivity index (χ2n) is 9.73. The number of hydrogen-bond acceptors (Lipinski definition) is 8. The van der Waals surface area contributed by atoms with Crippen LogP contribution in [-0.4, -0.2) is 49.3 Å². The smallest absolute Gasteiger partial charge is 0.250 e. The van der Waals surface area contributed by atoms with Gasteiger partial charge in [-0.2, -0.15) is 0 Å². The number of nitrogens with zero attached hydrogens (tertiary/aromatic N) is 2. The maximum absolute atomic E-state index is 12.4. The Morgan fingerprint density at radius 3 is 2.62 bits per heavy atom. The quantitative estimate of drug-likeness (QED) is 0.249. The number of carbonyl (C=O) groups is 1. The highest BCUT2D eigenvalue weighted by Gasteiger charge is 2.22. The third-order valence-corrected chi connectivity index (χ3v) is 8.84. The minimum atomic E-state index is -3.45. The van der Waals surface area contributed by atoms with E-state index in [2.05, 4.69) is 22.9 Å². The molecule has 1 amide bonds. The Morgan fingerprint density at radius 1 is 1.18 bits per heavy atom. The second-order valence-corrected chi connectivity index (χ2v) is 12.6. The zero-order chi connectivity index (χ0) is 28.6. The van der Waals surface area contributed by atoms with Gasteiger partial charge in [0.2, 0.25) is 5.91 Å². The summed E-state index contributed by atoms with van der Waals surface area (Å²) < 4.78 is 38.5. The molecule has 40 heavy (non-hydrogen) atoms. The highest BCUT2D eigenvalue weighted by Crippen LogP contribution is 2.38. The van der Waals surface area contributed by atoms with E-state index in [1.807, 2.05) is 25.1 Å². The van der Waals surface area contributed by atoms with E-state index < -0.39 is 21.8 Å². The van der Waals surface area contributed by atoms with Gasteiger partial charge in [0.25, 0.3) is 0 Å². The number of piperidine rings is 1. The Labute approximate surface area is 243 Å². The molecule has 1 fully saturated rings. The number of nitrogens with two attached hydrogens (primary N) is 1. The normalized spacial score (nSPS) is 15.2. The molecule has 1 aliphatic rings. The summed E-state index contributed by atoms with van der Waals surface area (Å²) in [5, 5.41) is 3.77. The zero-order valence-electron chi connectivity index (χ0n) is 21.9. The summed E-state index contributed by atoms with van der Waals surface area (Å²) in [5.41, 5.74) is 8.14. The van der Waals surface area contributed by atoms with Crippen LogP contribution in [0.1, 0.15) is 41.8 Å². The van der Waals surface area contributed by atoms with Crippen molar-refractivity contribution in [2.24, 2.45) is 5.73 Å². The van der Waals surface area contributed by atoms with Gasteiger partial charge < -0.3 is 20.5 Å². The van der Waals surface area contributed by atoms with Gasteiger partial charge in [0, 0.05) is 17.9 Å². The molecule has 0 radical (unpaired) electrons. The molecule has 12 heteroatoms. The largest absolute Gasteiger partial charge is 0.489 e. The van der Waals surface area contributed by atoms with Gasteiger partial charge in [0.15, 0.2) is 9.84 Å². The van der Waals surface area contributed by atoms with E-state index in [9.17, 15) is 13.2 Å². The van der Waals surface area contributed by atoms with Gasteiger partial charge in [0.1, 0.15) is 30.0 Å². The number of thiol groups is 1. The lowest BCUT2D eigenvalue weighted by molar-refractivity contribution is 0.0996. The molecular weight excluding hydrogens is 572 g/mol. The van der Waals surface area contributed by atoms with E-state index in [1.165, 1.54) is 12.1 Å². The number of primary amides is 1. The van der Waals surface area contributed by atoms with Crippen LogP contribution in [0.25, 0.3) is 16.7 Å². The summed E-state index contributed by atoms with van der Waals surface area (Å²) in [4.78, 5) is 17.2. The molecule has 0 aliphatic carbocycles. The van der Waals surface area contributed by atoms with E-state index in [0.717, 1.165) is 32.2 Å². The third kappa shape index (κ3) is 5.78. The van der Waals surface area contributed by atoms with Crippen LogP contribution in [-0.2, 0) is 9.84 Å². The zero-order valence-corrected chi connectivity index (χ0v) is 24.4. The molecule has 3 N–H and O–H groups in total. The second kappa shape index (κ2) is 11.3. The van der Waals surface area contributed by atoms with Crippen molar-refractivity contribution in [1.82, 2.24) is 14.9 Å². The molecule has 0 saturated carbocycles. The molecule has 3 aromatic carbocycles. The van der Waals surface area contributed by atoms with Crippen LogP contribution in [0.3, 0.4) is 0 Å². The highest BCUT2D eigenvalue weighted by molar-refractivity contribution is 7.90. The fourth-order valence-electron chi connectivity index (χ4n) is 4.71. The Morgan fingerprint density at radius 2 is 1.93 bits per heavy atom. The van der Waals surface area contributed by atoms with Gasteiger partial charge in [-0.3, -0.25) is 9.36 Å². The number of aromatic nitrogens is 2. The number of rotatable bonds is 8. The molecule has 5 rings (SSSR count). The Kier molecular flexibility index (Phi) is 8.01. The summed E-state index contributed by atoms with van der Waals surface area (Å²) in [6.45, 7) is 3.63. The SMILES string of the molecule is C[C@@H](Oc1cc(-n2cnc3ccc(S(C)(=O)=O)cc32)cc(C(N)=O)c1S)c1cccc(OC2CCNCC2)c1Cl. The number of carbonyl (C=O) groups excluding carboxylic acids is 1. The third-order valence-electron chi connectivity index (χ3n) is 6.86. The molecule has 0 bridgehead atoms. The van der Waals surface area contributed by atoms with Gasteiger partial charge >= 0.3 is 0 Å². The molecule has 1 aliphatic heterocycles. The molecule has 4 aromatic rings. The van der Waals surface area contributed by atoms with Crippen molar-refractivity contribution in [1.29, 1.82) is 0 Å². The predicted molar refractivity (Wildman–Crippen MR) is 157 cm³/mol. The predicted octanol–water partition coefficient (Wildman–Crippen LogP) is 4.74. The van der Waals surface area contributed by atoms with E-state index in [0.29, 0.717) is 38.8 Å². The van der Waals surface area contributed by atoms with Gasteiger partial charge in [-0.05, 0) is 63.2 Å². The van der Waals surface area contributed by atoms with E-state index in [1.54, 1.807) is 29.1 Å². The first-order valence-electron chi connectivity index (χ1n) is 12.7. The number of amides is 1. The van der Waals surface area contributed by atoms with Crippen LogP contribution in [0.15, 0.2) is 64.6 Å². The number of benzene rings is 3. The van der Waals surface area contributed by atoms with Crippen LogP contribution in [0.5, 0.6) is 11.5 Å². The number of hydrogen-bond donors (Lipinski definition) is 3. The van der Waals surface area contributed by atoms with Crippen molar-refractivity contribution in [2.75, 3.05) is 19.3 Å². The molecule has 9 nitrogen and oxygen atoms in total. The lowest BCUT2D eigenvalue weighted by atomic mass is 10.1. The van der Waals surface area contributed by atoms with Gasteiger partial charge in [0.05, 0.1) is 37.1 Å². The number of ether oxygens (including phenoxy) is 2. The van der Waals surface area contributed by atoms with E-state index in [-0.39, 0.29) is 21.5 Å². The van der Waals surface area contributed by atoms with Crippen molar-refractivity contribution < 1.29 is 22.7 Å². The summed E-state index contributed by atoms with van der Waals surface area (Å²) >= 11 is 11.3. The summed E-state index contributed by atoms with van der Waals surface area (Å²) in [5.74, 6) is 0.191. The first-order valence-corrected chi connectivity index (χ1v) is 15.4. The average molecular weight is 601 g/mol. The van der Waals surface area contributed by atoms with Gasteiger partial charge in [-0.15, -0.1) is 12.6 Å². The fraction of sp³-hybridized carbons (Fsp3) is 0.286. The topological polar surface area (TPSA) is 126 Å². The first-order chi connectivity index (χ1) is 19.0. The van der Waals surface area contributed by atoms with Crippen LogP contribution in [0, 0.1) is 0 Å². The van der Waals surface area contributed by atoms with Crippen LogP contribution < -0.4 is 20.5 Å². The lowest BCUT2D eigenvalue weighted by Gasteiger charge is -2.25. The van der Waals surface area contributed by atoms with Crippen molar-refractivity contribution in [3.8, 4) is 17.2 Å². The van der Waals surface area contributed by atoms with E-state index >= 15 is 0 Å². The van der Waals surface area contributed by atoms with Crippen LogP contribution in [0.2, 0.25) is 5.02 Å². The minimum Gasteiger partial charge on any atom is -0.489 e. The number of halogens is 1. The average Bonchev–Trinajstić information content (AvgIpc) is 3.34. The minimum absolute atomic E-state index is 0.0808. The number of fused-ring (bicyclic) bond motifs is 1. The Hall–Kier alpha value is -3.25. The summed E-state index contributed by atoms with van der Waals surface area (Å²) in [6, 6.07) is 13.5. The molecule has 1 aromatic heterocycles. The molecule has 1 saturated heterocycles. The number of nitrogens with one attached hydrogen (secondary N) is 1. The van der Waals surface area contributed by atoms with Gasteiger partial charge in [-0.1, -0.05) is 23.7 Å². The van der Waals surface area contributed by atoms with Crippen molar-refractivity contribution in [3.05, 3.63) is 71.0 Å². The van der Waals surface area contributed by atoms with Gasteiger partial charge in [-0.25, -0.2) is 13.4 Å². The van der Waals surface area contributed by atoms with Crippen molar-refractivity contribution in [2.45, 2.75) is 41.8 Å². The molecule has 1 atom stereocenters. The molecule has 0 spiro atoms. The Balaban J connectivity index is 1.51. The molecule has 2 heterocycles. The summed E-state index contributed by atoms with van der Waals surface area (Å²) in [7, 11) is -3.45. The molecule has 210 valence electrons. The maximum atomic E-state index is 12.4. The molecule has 0 unspecified atom stereocenters. The first kappa shape index (κ1) is 28.3. The fourth-order valence-corrected chi connectivity index (χ4v) is 5.97. The monoisotopic (exact) mass is 600 g/mol. The lowest BCUT2D eigenvalue weighted by Crippen LogP contribution is -2.34. The summed E-state index contributed by atoms with van der Waals surface area (Å²) in [6.07, 6.45) is 4.01. The van der Waals surface area contributed by atoms with Crippen LogP contribution in [0.4, 0.5) is 0 Å². The van der Waals surface area contributed by atoms with Crippen molar-refractivity contribution in [3.63, 3.8) is 0 Å².